The minimum atomic E-state index is -0.0586. The predicted octanol–water partition coefficient (Wildman–Crippen LogP) is 2.81. The lowest BCUT2D eigenvalue weighted by atomic mass is 9.94. The van der Waals surface area contributed by atoms with Gasteiger partial charge in [0.25, 0.3) is 0 Å². The van der Waals surface area contributed by atoms with Crippen molar-refractivity contribution in [1.29, 1.82) is 0 Å². The van der Waals surface area contributed by atoms with E-state index in [1.165, 1.54) is 22.3 Å². The van der Waals surface area contributed by atoms with E-state index >= 15 is 0 Å². The molecule has 2 aromatic rings. The molecule has 1 heterocycles. The Hall–Kier alpha value is -1.71. The van der Waals surface area contributed by atoms with Gasteiger partial charge < -0.3 is 0 Å². The minimum Gasteiger partial charge on any atom is -0.271 e. The monoisotopic (exact) mass is 255 g/mol. The number of aromatic nitrogens is 1. The molecule has 2 rings (SSSR count). The standard InChI is InChI=1S/C16H21N3/c1-4-13-6-5-9-18-15(13)16(19-17)14-8-7-11(2)10-12(14)3/h5-10,16,19H,4,17H2,1-3H3. The average molecular weight is 255 g/mol. The van der Waals surface area contributed by atoms with Crippen LogP contribution in [0.5, 0.6) is 0 Å². The number of hydrogen-bond donors (Lipinski definition) is 2. The Kier molecular flexibility index (Phi) is 4.30. The number of rotatable bonds is 4. The maximum atomic E-state index is 5.78. The highest BCUT2D eigenvalue weighted by Gasteiger charge is 2.18. The van der Waals surface area contributed by atoms with Gasteiger partial charge in [-0.2, -0.15) is 0 Å². The Morgan fingerprint density at radius 3 is 2.68 bits per heavy atom. The largest absolute Gasteiger partial charge is 0.271 e. The van der Waals surface area contributed by atoms with Crippen LogP contribution in [0.15, 0.2) is 36.5 Å². The zero-order valence-corrected chi connectivity index (χ0v) is 11.8. The van der Waals surface area contributed by atoms with Gasteiger partial charge >= 0.3 is 0 Å². The molecule has 0 aliphatic heterocycles. The summed E-state index contributed by atoms with van der Waals surface area (Å²) in [5.41, 5.74) is 8.82. The zero-order chi connectivity index (χ0) is 13.8. The van der Waals surface area contributed by atoms with Crippen molar-refractivity contribution in [2.24, 2.45) is 5.84 Å². The number of nitrogens with zero attached hydrogens (tertiary/aromatic N) is 1. The Morgan fingerprint density at radius 2 is 2.05 bits per heavy atom. The predicted molar refractivity (Wildman–Crippen MR) is 78.7 cm³/mol. The number of hydrazine groups is 1. The normalized spacial score (nSPS) is 12.4. The Balaban J connectivity index is 2.50. The van der Waals surface area contributed by atoms with E-state index in [4.69, 9.17) is 5.84 Å². The zero-order valence-electron chi connectivity index (χ0n) is 11.8. The third kappa shape index (κ3) is 2.83. The van der Waals surface area contributed by atoms with Crippen molar-refractivity contribution in [1.82, 2.24) is 10.4 Å². The Morgan fingerprint density at radius 1 is 1.26 bits per heavy atom. The van der Waals surface area contributed by atoms with Crippen LogP contribution < -0.4 is 11.3 Å². The molecule has 0 fully saturated rings. The molecule has 0 saturated carbocycles. The molecule has 0 aliphatic rings. The van der Waals surface area contributed by atoms with Gasteiger partial charge in [-0.3, -0.25) is 10.8 Å². The molecule has 3 heteroatoms. The first-order chi connectivity index (χ1) is 9.17. The lowest BCUT2D eigenvalue weighted by molar-refractivity contribution is 0.611. The summed E-state index contributed by atoms with van der Waals surface area (Å²) in [4.78, 5) is 4.52. The van der Waals surface area contributed by atoms with Crippen LogP contribution in [0.2, 0.25) is 0 Å². The van der Waals surface area contributed by atoms with Crippen LogP contribution in [-0.2, 0) is 6.42 Å². The molecule has 0 spiro atoms. The third-order valence-corrected chi connectivity index (χ3v) is 3.48. The fourth-order valence-electron chi connectivity index (χ4n) is 2.48. The fourth-order valence-corrected chi connectivity index (χ4v) is 2.48. The van der Waals surface area contributed by atoms with Gasteiger partial charge in [-0.15, -0.1) is 0 Å². The molecule has 0 saturated heterocycles. The van der Waals surface area contributed by atoms with E-state index in [1.54, 1.807) is 0 Å². The van der Waals surface area contributed by atoms with Crippen LogP contribution in [-0.4, -0.2) is 4.98 Å². The van der Waals surface area contributed by atoms with Gasteiger partial charge in [0.05, 0.1) is 11.7 Å². The first-order valence-corrected chi connectivity index (χ1v) is 6.64. The van der Waals surface area contributed by atoms with Gasteiger partial charge in [-0.05, 0) is 43.0 Å². The molecule has 1 atom stereocenters. The SMILES string of the molecule is CCc1cccnc1C(NN)c1ccc(C)cc1C. The molecule has 3 N–H and O–H groups in total. The first-order valence-electron chi connectivity index (χ1n) is 6.64. The summed E-state index contributed by atoms with van der Waals surface area (Å²) in [7, 11) is 0. The molecule has 1 aromatic carbocycles. The smallest absolute Gasteiger partial charge is 0.0886 e. The number of benzene rings is 1. The molecule has 1 aromatic heterocycles. The van der Waals surface area contributed by atoms with Crippen LogP contribution >= 0.6 is 0 Å². The highest BCUT2D eigenvalue weighted by molar-refractivity contribution is 5.39. The van der Waals surface area contributed by atoms with Gasteiger partial charge in [0.15, 0.2) is 0 Å². The molecule has 0 aliphatic carbocycles. The maximum Gasteiger partial charge on any atom is 0.0886 e. The average Bonchev–Trinajstić information content (AvgIpc) is 2.42. The summed E-state index contributed by atoms with van der Waals surface area (Å²) in [5.74, 6) is 5.78. The van der Waals surface area contributed by atoms with E-state index in [0.29, 0.717) is 0 Å². The second kappa shape index (κ2) is 5.95. The summed E-state index contributed by atoms with van der Waals surface area (Å²) in [6.45, 7) is 6.34. The van der Waals surface area contributed by atoms with Crippen LogP contribution in [0.1, 0.15) is 40.9 Å². The van der Waals surface area contributed by atoms with Crippen LogP contribution in [0, 0.1) is 13.8 Å². The van der Waals surface area contributed by atoms with Crippen molar-refractivity contribution < 1.29 is 0 Å². The summed E-state index contributed by atoms with van der Waals surface area (Å²) in [6.07, 6.45) is 2.77. The van der Waals surface area contributed by atoms with Gasteiger partial charge in [0.1, 0.15) is 0 Å². The van der Waals surface area contributed by atoms with Gasteiger partial charge in [-0.25, -0.2) is 5.43 Å². The number of nitrogens with one attached hydrogen (secondary N) is 1. The van der Waals surface area contributed by atoms with E-state index in [2.05, 4.69) is 55.4 Å². The lowest BCUT2D eigenvalue weighted by Gasteiger charge is -2.20. The molecule has 3 nitrogen and oxygen atoms in total. The van der Waals surface area contributed by atoms with Gasteiger partial charge in [0, 0.05) is 6.20 Å². The van der Waals surface area contributed by atoms with Crippen molar-refractivity contribution in [3.05, 3.63) is 64.5 Å². The quantitative estimate of drug-likeness (QED) is 0.652. The second-order valence-electron chi connectivity index (χ2n) is 4.86. The number of hydrogen-bond acceptors (Lipinski definition) is 3. The summed E-state index contributed by atoms with van der Waals surface area (Å²) in [5, 5.41) is 0. The molecule has 0 amide bonds. The highest BCUT2D eigenvalue weighted by atomic mass is 15.2. The lowest BCUT2D eigenvalue weighted by Crippen LogP contribution is -2.30. The number of aryl methyl sites for hydroxylation is 3. The fraction of sp³-hybridized carbons (Fsp3) is 0.312. The summed E-state index contributed by atoms with van der Waals surface area (Å²) in [6, 6.07) is 10.4. The van der Waals surface area contributed by atoms with Crippen molar-refractivity contribution in [3.8, 4) is 0 Å². The molecule has 1 unspecified atom stereocenters. The van der Waals surface area contributed by atoms with Gasteiger partial charge in [-0.1, -0.05) is 36.8 Å². The molecule has 0 radical (unpaired) electrons. The third-order valence-electron chi connectivity index (χ3n) is 3.48. The highest BCUT2D eigenvalue weighted by Crippen LogP contribution is 2.26. The van der Waals surface area contributed by atoms with Crippen molar-refractivity contribution in [3.63, 3.8) is 0 Å². The molecule has 0 bridgehead atoms. The van der Waals surface area contributed by atoms with Crippen molar-refractivity contribution in [2.75, 3.05) is 0 Å². The first kappa shape index (κ1) is 13.7. The molecular formula is C16H21N3. The van der Waals surface area contributed by atoms with Crippen LogP contribution in [0.25, 0.3) is 0 Å². The number of pyridine rings is 1. The molecule has 100 valence electrons. The maximum absolute atomic E-state index is 5.78. The van der Waals surface area contributed by atoms with Crippen LogP contribution in [0.3, 0.4) is 0 Å². The minimum absolute atomic E-state index is 0.0586. The summed E-state index contributed by atoms with van der Waals surface area (Å²) >= 11 is 0. The van der Waals surface area contributed by atoms with Crippen molar-refractivity contribution in [2.45, 2.75) is 33.2 Å². The van der Waals surface area contributed by atoms with E-state index in [9.17, 15) is 0 Å². The molecule has 19 heavy (non-hydrogen) atoms. The van der Waals surface area contributed by atoms with Crippen LogP contribution in [0.4, 0.5) is 0 Å². The van der Waals surface area contributed by atoms with E-state index in [1.807, 2.05) is 12.3 Å². The number of nitrogens with two attached hydrogens (primary N) is 1. The van der Waals surface area contributed by atoms with E-state index < -0.39 is 0 Å². The summed E-state index contributed by atoms with van der Waals surface area (Å²) < 4.78 is 0. The van der Waals surface area contributed by atoms with E-state index in [0.717, 1.165) is 12.1 Å². The topological polar surface area (TPSA) is 50.9 Å². The second-order valence-corrected chi connectivity index (χ2v) is 4.86. The Bertz CT molecular complexity index is 564. The molecular weight excluding hydrogens is 234 g/mol. The van der Waals surface area contributed by atoms with Crippen molar-refractivity contribution >= 4 is 0 Å². The van der Waals surface area contributed by atoms with Gasteiger partial charge in [0.2, 0.25) is 0 Å². The Labute approximate surface area is 114 Å². The van der Waals surface area contributed by atoms with E-state index in [-0.39, 0.29) is 6.04 Å².